The van der Waals surface area contributed by atoms with Gasteiger partial charge in [0.2, 0.25) is 11.8 Å². The van der Waals surface area contributed by atoms with E-state index in [4.69, 9.17) is 4.74 Å². The van der Waals surface area contributed by atoms with E-state index in [-0.39, 0.29) is 18.8 Å². The van der Waals surface area contributed by atoms with Crippen molar-refractivity contribution in [3.63, 3.8) is 0 Å². The number of carbonyl (C=O) groups is 4. The first-order chi connectivity index (χ1) is 16.1. The SMILES string of the molecule is CCCC(=O)C[C@@](O)(NC(=O)[C@@H]1CCCN1C(=O)[C@H](C)NC(=O)OCc1ccccc1)C(C)C. The summed E-state index contributed by atoms with van der Waals surface area (Å²) in [6.45, 7) is 7.30. The van der Waals surface area contributed by atoms with Gasteiger partial charge in [0.05, 0.1) is 6.42 Å². The molecule has 1 fully saturated rings. The predicted octanol–water partition coefficient (Wildman–Crippen LogP) is 2.51. The summed E-state index contributed by atoms with van der Waals surface area (Å²) >= 11 is 0. The molecule has 1 aliphatic rings. The Balaban J connectivity index is 1.96. The highest BCUT2D eigenvalue weighted by Crippen LogP contribution is 2.23. The summed E-state index contributed by atoms with van der Waals surface area (Å²) in [5, 5.41) is 16.1. The van der Waals surface area contributed by atoms with E-state index in [1.165, 1.54) is 11.8 Å². The molecular weight excluding hydrogens is 438 g/mol. The lowest BCUT2D eigenvalue weighted by atomic mass is 9.92. The Labute approximate surface area is 201 Å². The van der Waals surface area contributed by atoms with Gasteiger partial charge in [-0.2, -0.15) is 0 Å². The summed E-state index contributed by atoms with van der Waals surface area (Å²) in [6, 6.07) is 7.49. The Kier molecular flexibility index (Phi) is 10.0. The highest BCUT2D eigenvalue weighted by atomic mass is 16.5. The van der Waals surface area contributed by atoms with E-state index in [0.717, 1.165) is 5.56 Å². The molecule has 3 N–H and O–H groups in total. The van der Waals surface area contributed by atoms with Crippen LogP contribution in [0.4, 0.5) is 4.79 Å². The number of aliphatic hydroxyl groups is 1. The molecule has 0 radical (unpaired) electrons. The zero-order valence-corrected chi connectivity index (χ0v) is 20.5. The Hall–Kier alpha value is -2.94. The van der Waals surface area contributed by atoms with Crippen molar-refractivity contribution < 1.29 is 29.0 Å². The highest BCUT2D eigenvalue weighted by molar-refractivity contribution is 5.92. The summed E-state index contributed by atoms with van der Waals surface area (Å²) in [5.74, 6) is -1.46. The molecule has 1 saturated heterocycles. The van der Waals surface area contributed by atoms with Crippen molar-refractivity contribution >= 4 is 23.7 Å². The van der Waals surface area contributed by atoms with Crippen LogP contribution < -0.4 is 10.6 Å². The number of Topliss-reactive ketones (excluding diaryl/α,β-unsaturated/α-hetero) is 1. The second-order valence-electron chi connectivity index (χ2n) is 9.15. The topological polar surface area (TPSA) is 125 Å². The summed E-state index contributed by atoms with van der Waals surface area (Å²) < 4.78 is 5.17. The maximum atomic E-state index is 13.0. The highest BCUT2D eigenvalue weighted by Gasteiger charge is 2.41. The van der Waals surface area contributed by atoms with E-state index in [1.807, 2.05) is 37.3 Å². The Morgan fingerprint density at radius 1 is 1.18 bits per heavy atom. The number of amides is 3. The number of nitrogens with one attached hydrogen (secondary N) is 2. The molecule has 0 spiro atoms. The van der Waals surface area contributed by atoms with Gasteiger partial charge in [-0.3, -0.25) is 14.4 Å². The van der Waals surface area contributed by atoms with E-state index in [9.17, 15) is 24.3 Å². The van der Waals surface area contributed by atoms with Gasteiger partial charge in [-0.25, -0.2) is 4.79 Å². The number of nitrogens with zero attached hydrogens (tertiary/aromatic N) is 1. The van der Waals surface area contributed by atoms with Crippen molar-refractivity contribution in [2.45, 2.75) is 84.2 Å². The van der Waals surface area contributed by atoms with Crippen LogP contribution in [0.2, 0.25) is 0 Å². The van der Waals surface area contributed by atoms with Crippen molar-refractivity contribution in [3.8, 4) is 0 Å². The average Bonchev–Trinajstić information content (AvgIpc) is 3.28. The molecule has 1 heterocycles. The van der Waals surface area contributed by atoms with Crippen LogP contribution in [0.25, 0.3) is 0 Å². The number of alkyl carbamates (subject to hydrolysis) is 1. The number of ketones is 1. The monoisotopic (exact) mass is 475 g/mol. The molecule has 0 saturated carbocycles. The standard InChI is InChI=1S/C25H37N3O6/c1-5-10-20(29)15-25(33,17(2)3)27-22(30)21-13-9-14-28(21)23(31)18(4)26-24(32)34-16-19-11-7-6-8-12-19/h6-8,11-12,17-18,21,33H,5,9-10,13-16H2,1-4H3,(H,26,32)(H,27,30)/t18-,21-,25-/m0/s1. The van der Waals surface area contributed by atoms with Crippen molar-refractivity contribution in [1.82, 2.24) is 15.5 Å². The second-order valence-corrected chi connectivity index (χ2v) is 9.15. The van der Waals surface area contributed by atoms with Crippen LogP contribution in [0.1, 0.15) is 65.4 Å². The lowest BCUT2D eigenvalue weighted by molar-refractivity contribution is -0.147. The van der Waals surface area contributed by atoms with Gasteiger partial charge in [-0.1, -0.05) is 51.1 Å². The minimum atomic E-state index is -1.69. The van der Waals surface area contributed by atoms with E-state index >= 15 is 0 Å². The van der Waals surface area contributed by atoms with Gasteiger partial charge in [-0.05, 0) is 31.7 Å². The zero-order chi connectivity index (χ0) is 25.3. The molecule has 9 heteroatoms. The normalized spacial score (nSPS) is 18.2. The molecule has 9 nitrogen and oxygen atoms in total. The Morgan fingerprint density at radius 2 is 1.85 bits per heavy atom. The third-order valence-corrected chi connectivity index (χ3v) is 6.05. The van der Waals surface area contributed by atoms with Crippen molar-refractivity contribution in [2.24, 2.45) is 5.92 Å². The minimum Gasteiger partial charge on any atom is -0.445 e. The van der Waals surface area contributed by atoms with E-state index in [2.05, 4.69) is 10.6 Å². The largest absolute Gasteiger partial charge is 0.445 e. The van der Waals surface area contributed by atoms with E-state index in [1.54, 1.807) is 13.8 Å². The summed E-state index contributed by atoms with van der Waals surface area (Å²) in [5.41, 5.74) is -0.867. The maximum absolute atomic E-state index is 13.0. The molecule has 3 amide bonds. The lowest BCUT2D eigenvalue weighted by Crippen LogP contribution is -2.59. The van der Waals surface area contributed by atoms with Crippen LogP contribution in [0, 0.1) is 5.92 Å². The average molecular weight is 476 g/mol. The summed E-state index contributed by atoms with van der Waals surface area (Å²) in [7, 11) is 0. The fraction of sp³-hybridized carbons (Fsp3) is 0.600. The third kappa shape index (κ3) is 7.55. The van der Waals surface area contributed by atoms with Crippen LogP contribution in [0.3, 0.4) is 0 Å². The van der Waals surface area contributed by atoms with Crippen LogP contribution >= 0.6 is 0 Å². The number of rotatable bonds is 11. The fourth-order valence-electron chi connectivity index (χ4n) is 3.91. The number of hydrogen-bond acceptors (Lipinski definition) is 6. The molecule has 1 aromatic carbocycles. The van der Waals surface area contributed by atoms with Crippen LogP contribution in [-0.4, -0.2) is 58.1 Å². The number of benzene rings is 1. The Morgan fingerprint density at radius 3 is 2.47 bits per heavy atom. The van der Waals surface area contributed by atoms with E-state index in [0.29, 0.717) is 32.2 Å². The van der Waals surface area contributed by atoms with Gasteiger partial charge in [0.15, 0.2) is 0 Å². The van der Waals surface area contributed by atoms with Crippen molar-refractivity contribution in [3.05, 3.63) is 35.9 Å². The smallest absolute Gasteiger partial charge is 0.408 e. The Bertz CT molecular complexity index is 859. The number of ether oxygens (including phenoxy) is 1. The van der Waals surface area contributed by atoms with Gasteiger partial charge in [0, 0.05) is 18.9 Å². The fourth-order valence-corrected chi connectivity index (χ4v) is 3.91. The van der Waals surface area contributed by atoms with Gasteiger partial charge in [0.1, 0.15) is 30.2 Å². The third-order valence-electron chi connectivity index (χ3n) is 6.05. The molecule has 0 bridgehead atoms. The van der Waals surface area contributed by atoms with E-state index < -0.39 is 41.6 Å². The number of carbonyl (C=O) groups excluding carboxylic acids is 4. The van der Waals surface area contributed by atoms with Gasteiger partial charge >= 0.3 is 6.09 Å². The molecule has 3 atom stereocenters. The first-order valence-corrected chi connectivity index (χ1v) is 11.9. The van der Waals surface area contributed by atoms with Gasteiger partial charge in [-0.15, -0.1) is 0 Å². The summed E-state index contributed by atoms with van der Waals surface area (Å²) in [4.78, 5) is 51.7. The minimum absolute atomic E-state index is 0.0763. The molecule has 0 aliphatic carbocycles. The zero-order valence-electron chi connectivity index (χ0n) is 20.5. The van der Waals surface area contributed by atoms with Crippen molar-refractivity contribution in [1.29, 1.82) is 0 Å². The molecule has 1 aromatic rings. The first kappa shape index (κ1) is 27.3. The molecule has 1 aliphatic heterocycles. The molecule has 34 heavy (non-hydrogen) atoms. The first-order valence-electron chi connectivity index (χ1n) is 11.9. The number of likely N-dealkylation sites (tertiary alicyclic amines) is 1. The van der Waals surface area contributed by atoms with Crippen LogP contribution in [0.5, 0.6) is 0 Å². The lowest BCUT2D eigenvalue weighted by Gasteiger charge is -2.35. The molecule has 0 unspecified atom stereocenters. The van der Waals surface area contributed by atoms with Crippen LogP contribution in [0.15, 0.2) is 30.3 Å². The van der Waals surface area contributed by atoms with Crippen molar-refractivity contribution in [2.75, 3.05) is 6.54 Å². The maximum Gasteiger partial charge on any atom is 0.408 e. The quantitative estimate of drug-likeness (QED) is 0.422. The van der Waals surface area contributed by atoms with Gasteiger partial charge < -0.3 is 25.4 Å². The molecular formula is C25H37N3O6. The second kappa shape index (κ2) is 12.5. The van der Waals surface area contributed by atoms with Crippen LogP contribution in [-0.2, 0) is 25.7 Å². The molecule has 2 rings (SSSR count). The molecule has 188 valence electrons. The molecule has 0 aromatic heterocycles. The number of hydrogen-bond donors (Lipinski definition) is 3. The van der Waals surface area contributed by atoms with Gasteiger partial charge in [0.25, 0.3) is 0 Å². The predicted molar refractivity (Wildman–Crippen MR) is 126 cm³/mol. The summed E-state index contributed by atoms with van der Waals surface area (Å²) in [6.07, 6.45) is 1.11.